The van der Waals surface area contributed by atoms with Gasteiger partial charge in [-0.1, -0.05) is 63.2 Å². The van der Waals surface area contributed by atoms with Crippen LogP contribution in [0.1, 0.15) is 31.9 Å². The standard InChI is InChI=1S/C25H34N4O2/c1-25(2,3)24(31)27-18-23(30)26-17-20-9-7-8-10-21(20)19-28-13-15-29(16-14-28)22-11-5-4-6-12-22/h4-12H,13-19H2,1-3H3,(H,26,30)(H,27,31). The lowest BCUT2D eigenvalue weighted by Gasteiger charge is -2.36. The van der Waals surface area contributed by atoms with Gasteiger partial charge in [0.25, 0.3) is 0 Å². The molecule has 6 heteroatoms. The van der Waals surface area contributed by atoms with Crippen LogP contribution in [0.5, 0.6) is 0 Å². The molecule has 2 aromatic rings. The Balaban J connectivity index is 1.48. The summed E-state index contributed by atoms with van der Waals surface area (Å²) in [6.45, 7) is 10.9. The molecule has 2 N–H and O–H groups in total. The molecule has 0 bridgehead atoms. The van der Waals surface area contributed by atoms with Gasteiger partial charge in [-0.05, 0) is 23.3 Å². The van der Waals surface area contributed by atoms with Crippen molar-refractivity contribution in [2.75, 3.05) is 37.6 Å². The Bertz CT molecular complexity index is 869. The van der Waals surface area contributed by atoms with Gasteiger partial charge in [0.15, 0.2) is 0 Å². The van der Waals surface area contributed by atoms with E-state index in [1.165, 1.54) is 11.3 Å². The van der Waals surface area contributed by atoms with Gasteiger partial charge in [-0.3, -0.25) is 14.5 Å². The van der Waals surface area contributed by atoms with E-state index in [1.54, 1.807) is 0 Å². The van der Waals surface area contributed by atoms with Crippen LogP contribution < -0.4 is 15.5 Å². The molecule has 0 radical (unpaired) electrons. The minimum absolute atomic E-state index is 0.000282. The molecule has 0 aromatic heterocycles. The molecule has 0 atom stereocenters. The number of carbonyl (C=O) groups is 2. The summed E-state index contributed by atoms with van der Waals surface area (Å²) in [6, 6.07) is 18.8. The molecular weight excluding hydrogens is 388 g/mol. The second-order valence-corrected chi connectivity index (χ2v) is 9.08. The number of para-hydroxylation sites is 1. The summed E-state index contributed by atoms with van der Waals surface area (Å²) in [5.41, 5.74) is 3.12. The normalized spacial score (nSPS) is 14.9. The van der Waals surface area contributed by atoms with Gasteiger partial charge < -0.3 is 15.5 Å². The number of nitrogens with one attached hydrogen (secondary N) is 2. The highest BCUT2D eigenvalue weighted by Crippen LogP contribution is 2.18. The van der Waals surface area contributed by atoms with Gasteiger partial charge >= 0.3 is 0 Å². The number of piperazine rings is 1. The highest BCUT2D eigenvalue weighted by Gasteiger charge is 2.21. The van der Waals surface area contributed by atoms with Gasteiger partial charge in [0, 0.05) is 50.4 Å². The zero-order valence-corrected chi connectivity index (χ0v) is 18.9. The van der Waals surface area contributed by atoms with Crippen LogP contribution in [0.4, 0.5) is 5.69 Å². The molecule has 0 spiro atoms. The average molecular weight is 423 g/mol. The van der Waals surface area contributed by atoms with Gasteiger partial charge in [-0.15, -0.1) is 0 Å². The summed E-state index contributed by atoms with van der Waals surface area (Å²) in [6.07, 6.45) is 0. The molecule has 0 unspecified atom stereocenters. The summed E-state index contributed by atoms with van der Waals surface area (Å²) in [5.74, 6) is -0.304. The molecule has 0 saturated carbocycles. The molecule has 1 aliphatic rings. The number of nitrogens with zero attached hydrogens (tertiary/aromatic N) is 2. The molecule has 3 rings (SSSR count). The topological polar surface area (TPSA) is 64.7 Å². The fraction of sp³-hybridized carbons (Fsp3) is 0.440. The largest absolute Gasteiger partial charge is 0.369 e. The Hall–Kier alpha value is -2.86. The maximum Gasteiger partial charge on any atom is 0.239 e. The Labute approximate surface area is 185 Å². The van der Waals surface area contributed by atoms with E-state index in [0.29, 0.717) is 6.54 Å². The smallest absolute Gasteiger partial charge is 0.239 e. The molecule has 2 amide bonds. The Morgan fingerprint density at radius 2 is 1.45 bits per heavy atom. The molecule has 166 valence electrons. The van der Waals surface area contributed by atoms with E-state index >= 15 is 0 Å². The zero-order valence-electron chi connectivity index (χ0n) is 18.9. The quantitative estimate of drug-likeness (QED) is 0.720. The van der Waals surface area contributed by atoms with Gasteiger partial charge in [-0.2, -0.15) is 0 Å². The van der Waals surface area contributed by atoms with Crippen LogP contribution in [0, 0.1) is 5.41 Å². The average Bonchev–Trinajstić information content (AvgIpc) is 2.77. The third-order valence-corrected chi connectivity index (χ3v) is 5.57. The third kappa shape index (κ3) is 6.82. The van der Waals surface area contributed by atoms with Gasteiger partial charge in [-0.25, -0.2) is 0 Å². The summed E-state index contributed by atoms with van der Waals surface area (Å²) in [7, 11) is 0. The van der Waals surface area contributed by atoms with Crippen LogP contribution in [-0.4, -0.2) is 49.4 Å². The fourth-order valence-corrected chi connectivity index (χ4v) is 3.61. The number of carbonyl (C=O) groups excluding carboxylic acids is 2. The van der Waals surface area contributed by atoms with E-state index in [2.05, 4.69) is 56.8 Å². The molecule has 2 aromatic carbocycles. The first-order chi connectivity index (χ1) is 14.8. The second-order valence-electron chi connectivity index (χ2n) is 9.08. The van der Waals surface area contributed by atoms with Crippen molar-refractivity contribution in [3.05, 3.63) is 65.7 Å². The third-order valence-electron chi connectivity index (χ3n) is 5.57. The van der Waals surface area contributed by atoms with Gasteiger partial charge in [0.05, 0.1) is 6.54 Å². The molecule has 31 heavy (non-hydrogen) atoms. The number of hydrogen-bond donors (Lipinski definition) is 2. The van der Waals surface area contributed by atoms with E-state index in [1.807, 2.05) is 39.0 Å². The zero-order chi connectivity index (χ0) is 22.3. The molecule has 1 aliphatic heterocycles. The van der Waals surface area contributed by atoms with Crippen LogP contribution in [0.3, 0.4) is 0 Å². The summed E-state index contributed by atoms with van der Waals surface area (Å²) in [5, 5.41) is 5.62. The lowest BCUT2D eigenvalue weighted by Crippen LogP contribution is -2.46. The summed E-state index contributed by atoms with van der Waals surface area (Å²) >= 11 is 0. The molecule has 6 nitrogen and oxygen atoms in total. The fourth-order valence-electron chi connectivity index (χ4n) is 3.61. The highest BCUT2D eigenvalue weighted by atomic mass is 16.2. The SMILES string of the molecule is CC(C)(C)C(=O)NCC(=O)NCc1ccccc1CN1CCN(c2ccccc2)CC1. The van der Waals surface area contributed by atoms with Crippen LogP contribution in [0.2, 0.25) is 0 Å². The minimum atomic E-state index is -0.503. The number of benzene rings is 2. The van der Waals surface area contributed by atoms with E-state index < -0.39 is 5.41 Å². The number of anilines is 1. The molecule has 0 aliphatic carbocycles. The van der Waals surface area contributed by atoms with Crippen LogP contribution in [0.25, 0.3) is 0 Å². The Kier molecular flexibility index (Phi) is 7.69. The van der Waals surface area contributed by atoms with Crippen LogP contribution in [-0.2, 0) is 22.7 Å². The van der Waals surface area contributed by atoms with Crippen molar-refractivity contribution in [1.29, 1.82) is 0 Å². The molecule has 1 fully saturated rings. The lowest BCUT2D eigenvalue weighted by molar-refractivity contribution is -0.131. The van der Waals surface area contributed by atoms with Crippen molar-refractivity contribution in [3.63, 3.8) is 0 Å². The Morgan fingerprint density at radius 3 is 2.10 bits per heavy atom. The first kappa shape index (κ1) is 22.8. The van der Waals surface area contributed by atoms with Crippen molar-refractivity contribution in [3.8, 4) is 0 Å². The molecule has 1 heterocycles. The van der Waals surface area contributed by atoms with Crippen molar-refractivity contribution in [2.24, 2.45) is 5.41 Å². The maximum atomic E-state index is 12.2. The second kappa shape index (κ2) is 10.4. The van der Waals surface area contributed by atoms with Crippen molar-refractivity contribution < 1.29 is 9.59 Å². The van der Waals surface area contributed by atoms with Gasteiger partial charge in [0.2, 0.25) is 11.8 Å². The van der Waals surface area contributed by atoms with Crippen molar-refractivity contribution >= 4 is 17.5 Å². The Morgan fingerprint density at radius 1 is 0.839 bits per heavy atom. The predicted octanol–water partition coefficient (Wildman–Crippen LogP) is 2.79. The minimum Gasteiger partial charge on any atom is -0.369 e. The van der Waals surface area contributed by atoms with E-state index in [0.717, 1.165) is 38.3 Å². The van der Waals surface area contributed by atoms with E-state index in [-0.39, 0.29) is 18.4 Å². The molecular formula is C25H34N4O2. The van der Waals surface area contributed by atoms with Crippen LogP contribution in [0.15, 0.2) is 54.6 Å². The first-order valence-corrected chi connectivity index (χ1v) is 11.0. The van der Waals surface area contributed by atoms with E-state index in [9.17, 15) is 9.59 Å². The lowest BCUT2D eigenvalue weighted by atomic mass is 9.96. The van der Waals surface area contributed by atoms with Crippen molar-refractivity contribution in [2.45, 2.75) is 33.9 Å². The van der Waals surface area contributed by atoms with Crippen LogP contribution >= 0.6 is 0 Å². The van der Waals surface area contributed by atoms with Crippen molar-refractivity contribution in [1.82, 2.24) is 15.5 Å². The summed E-state index contributed by atoms with van der Waals surface area (Å²) in [4.78, 5) is 29.0. The monoisotopic (exact) mass is 422 g/mol. The van der Waals surface area contributed by atoms with Gasteiger partial charge in [0.1, 0.15) is 0 Å². The number of hydrogen-bond acceptors (Lipinski definition) is 4. The summed E-state index contributed by atoms with van der Waals surface area (Å²) < 4.78 is 0. The number of amides is 2. The molecule has 1 saturated heterocycles. The first-order valence-electron chi connectivity index (χ1n) is 11.0. The number of rotatable bonds is 7. The van der Waals surface area contributed by atoms with E-state index in [4.69, 9.17) is 0 Å². The highest BCUT2D eigenvalue weighted by molar-refractivity contribution is 5.87. The predicted molar refractivity (Wildman–Crippen MR) is 125 cm³/mol. The maximum absolute atomic E-state index is 12.2.